The molecule has 4 rings (SSSR count). The molecule has 28 heavy (non-hydrogen) atoms. The summed E-state index contributed by atoms with van der Waals surface area (Å²) in [4.78, 5) is 11.8. The molecule has 0 unspecified atom stereocenters. The molecule has 0 bridgehead atoms. The summed E-state index contributed by atoms with van der Waals surface area (Å²) in [6.07, 6.45) is -2.66. The molecule has 0 aliphatic rings. The van der Waals surface area contributed by atoms with E-state index >= 15 is 0 Å². The average molecular weight is 407 g/mol. The summed E-state index contributed by atoms with van der Waals surface area (Å²) in [6.45, 7) is 0. The molecule has 3 N–H and O–H groups in total. The first-order chi connectivity index (χ1) is 13.3. The number of hydrogen-bond acceptors (Lipinski definition) is 7. The largest absolute Gasteiger partial charge is 0.417 e. The lowest BCUT2D eigenvalue weighted by molar-refractivity contribution is -0.137. The Morgan fingerprint density at radius 3 is 2.61 bits per heavy atom. The van der Waals surface area contributed by atoms with E-state index in [0.29, 0.717) is 17.2 Å². The number of hydrogen-bond donors (Lipinski definition) is 2. The zero-order valence-corrected chi connectivity index (χ0v) is 14.6. The number of nitrogens with two attached hydrogens (primary N) is 1. The molecule has 142 valence electrons. The fourth-order valence-electron chi connectivity index (χ4n) is 2.48. The maximum absolute atomic E-state index is 12.8. The number of nitrogens with zero attached hydrogens (tertiary/aromatic N) is 6. The Balaban J connectivity index is 1.72. The van der Waals surface area contributed by atoms with Crippen LogP contribution in [0.5, 0.6) is 0 Å². The van der Waals surface area contributed by atoms with Gasteiger partial charge in [0.05, 0.1) is 16.1 Å². The summed E-state index contributed by atoms with van der Waals surface area (Å²) in [5, 5.41) is 10.6. The molecule has 0 aliphatic heterocycles. The maximum atomic E-state index is 12.8. The van der Waals surface area contributed by atoms with E-state index in [9.17, 15) is 13.2 Å². The normalized spacial score (nSPS) is 11.7. The van der Waals surface area contributed by atoms with Gasteiger partial charge in [-0.25, -0.2) is 15.0 Å². The number of aromatic nitrogens is 6. The van der Waals surface area contributed by atoms with E-state index in [4.69, 9.17) is 17.3 Å². The van der Waals surface area contributed by atoms with E-state index in [1.165, 1.54) is 11.0 Å². The molecule has 0 saturated heterocycles. The zero-order chi connectivity index (χ0) is 19.9. The number of halogens is 4. The zero-order valence-electron chi connectivity index (χ0n) is 13.8. The molecule has 3 aromatic heterocycles. The first kappa shape index (κ1) is 17.9. The van der Waals surface area contributed by atoms with Crippen LogP contribution in [0, 0.1) is 0 Å². The van der Waals surface area contributed by atoms with Crippen LogP contribution >= 0.6 is 11.6 Å². The molecule has 4 aromatic rings. The highest BCUT2D eigenvalue weighted by Crippen LogP contribution is 2.34. The molecule has 0 saturated carbocycles. The van der Waals surface area contributed by atoms with Crippen molar-refractivity contribution in [3.63, 3.8) is 0 Å². The SMILES string of the molecule is Nc1c(Nc2ncc(C(F)(F)F)cc2Cl)ncnc1-n1nnc2ccccc21. The lowest BCUT2D eigenvalue weighted by Crippen LogP contribution is -2.10. The molecule has 0 amide bonds. The van der Waals surface area contributed by atoms with E-state index in [0.717, 1.165) is 6.07 Å². The Bertz CT molecular complexity index is 1170. The lowest BCUT2D eigenvalue weighted by atomic mass is 10.2. The van der Waals surface area contributed by atoms with Gasteiger partial charge >= 0.3 is 6.18 Å². The molecule has 0 radical (unpaired) electrons. The minimum atomic E-state index is -4.55. The minimum absolute atomic E-state index is 0.0329. The molecule has 0 spiro atoms. The molecule has 0 fully saturated rings. The van der Waals surface area contributed by atoms with E-state index in [1.807, 2.05) is 12.1 Å². The molecular formula is C16H10ClF3N8. The number of alkyl halides is 3. The number of anilines is 3. The van der Waals surface area contributed by atoms with Crippen LogP contribution < -0.4 is 11.1 Å². The van der Waals surface area contributed by atoms with Gasteiger partial charge in [-0.15, -0.1) is 5.10 Å². The topological polar surface area (TPSA) is 107 Å². The number of pyridine rings is 1. The Kier molecular flexibility index (Phi) is 4.23. The third-order valence-corrected chi connectivity index (χ3v) is 4.11. The van der Waals surface area contributed by atoms with E-state index < -0.39 is 11.7 Å². The predicted octanol–water partition coefficient (Wildman–Crippen LogP) is 3.60. The second-order valence-corrected chi connectivity index (χ2v) is 6.03. The maximum Gasteiger partial charge on any atom is 0.417 e. The molecule has 0 aliphatic carbocycles. The van der Waals surface area contributed by atoms with Crippen LogP contribution in [-0.4, -0.2) is 29.9 Å². The molecule has 0 atom stereocenters. The average Bonchev–Trinajstić information content (AvgIpc) is 3.08. The molecule has 12 heteroatoms. The first-order valence-electron chi connectivity index (χ1n) is 7.75. The second kappa shape index (κ2) is 6.60. The van der Waals surface area contributed by atoms with Crippen LogP contribution in [0.1, 0.15) is 5.56 Å². The number of nitrogens with one attached hydrogen (secondary N) is 1. The van der Waals surface area contributed by atoms with Crippen molar-refractivity contribution in [3.8, 4) is 5.82 Å². The van der Waals surface area contributed by atoms with Gasteiger partial charge < -0.3 is 11.1 Å². The number of benzene rings is 1. The third kappa shape index (κ3) is 3.16. The van der Waals surface area contributed by atoms with Crippen molar-refractivity contribution in [3.05, 3.63) is 53.4 Å². The van der Waals surface area contributed by atoms with Gasteiger partial charge in [0.2, 0.25) is 0 Å². The fourth-order valence-corrected chi connectivity index (χ4v) is 2.69. The molecule has 8 nitrogen and oxygen atoms in total. The van der Waals surface area contributed by atoms with Crippen LogP contribution in [0.4, 0.5) is 30.5 Å². The highest BCUT2D eigenvalue weighted by molar-refractivity contribution is 6.33. The van der Waals surface area contributed by atoms with Gasteiger partial charge in [0.25, 0.3) is 0 Å². The van der Waals surface area contributed by atoms with E-state index in [2.05, 4.69) is 30.6 Å². The highest BCUT2D eigenvalue weighted by Gasteiger charge is 2.31. The van der Waals surface area contributed by atoms with Gasteiger partial charge in [-0.1, -0.05) is 28.9 Å². The van der Waals surface area contributed by atoms with Crippen molar-refractivity contribution in [1.29, 1.82) is 0 Å². The first-order valence-corrected chi connectivity index (χ1v) is 8.13. The van der Waals surface area contributed by atoms with Gasteiger partial charge in [-0.05, 0) is 18.2 Å². The summed E-state index contributed by atoms with van der Waals surface area (Å²) in [7, 11) is 0. The van der Waals surface area contributed by atoms with Crippen LogP contribution in [0.25, 0.3) is 16.9 Å². The fraction of sp³-hybridized carbons (Fsp3) is 0.0625. The number of fused-ring (bicyclic) bond motifs is 1. The van der Waals surface area contributed by atoms with Gasteiger partial charge in [-0.3, -0.25) is 0 Å². The summed E-state index contributed by atoms with van der Waals surface area (Å²) in [5.41, 5.74) is 6.58. The Hall–Kier alpha value is -3.47. The summed E-state index contributed by atoms with van der Waals surface area (Å²) >= 11 is 5.92. The van der Waals surface area contributed by atoms with Crippen molar-refractivity contribution in [2.75, 3.05) is 11.1 Å². The summed E-state index contributed by atoms with van der Waals surface area (Å²) in [6, 6.07) is 7.96. The number of nitrogen functional groups attached to an aromatic ring is 1. The van der Waals surface area contributed by atoms with Crippen molar-refractivity contribution in [1.82, 2.24) is 29.9 Å². The second-order valence-electron chi connectivity index (χ2n) is 5.63. The molecular weight excluding hydrogens is 397 g/mol. The van der Waals surface area contributed by atoms with E-state index in [-0.39, 0.29) is 28.2 Å². The van der Waals surface area contributed by atoms with Gasteiger partial charge in [0.15, 0.2) is 11.6 Å². The third-order valence-electron chi connectivity index (χ3n) is 3.82. The van der Waals surface area contributed by atoms with Crippen LogP contribution in [0.2, 0.25) is 5.02 Å². The standard InChI is InChI=1S/C16H10ClF3N8/c17-9-5-8(16(18,19)20)6-22-13(9)25-14-12(21)15(24-7-23-14)28-11-4-2-1-3-10(11)26-27-28/h1-7H,21H2,(H,22,23,24,25). The Morgan fingerprint density at radius 2 is 1.86 bits per heavy atom. The van der Waals surface area contributed by atoms with Gasteiger partial charge in [-0.2, -0.15) is 17.9 Å². The van der Waals surface area contributed by atoms with Crippen molar-refractivity contribution in [2.45, 2.75) is 6.18 Å². The van der Waals surface area contributed by atoms with Crippen molar-refractivity contribution >= 4 is 40.0 Å². The minimum Gasteiger partial charge on any atom is -0.393 e. The molecule has 1 aromatic carbocycles. The van der Waals surface area contributed by atoms with Crippen molar-refractivity contribution < 1.29 is 13.2 Å². The van der Waals surface area contributed by atoms with Crippen LogP contribution in [0.15, 0.2) is 42.9 Å². The number of rotatable bonds is 3. The van der Waals surface area contributed by atoms with Crippen molar-refractivity contribution in [2.24, 2.45) is 0 Å². The smallest absolute Gasteiger partial charge is 0.393 e. The summed E-state index contributed by atoms with van der Waals surface area (Å²) < 4.78 is 39.7. The quantitative estimate of drug-likeness (QED) is 0.535. The lowest BCUT2D eigenvalue weighted by Gasteiger charge is -2.13. The van der Waals surface area contributed by atoms with Gasteiger partial charge in [0, 0.05) is 6.20 Å². The van der Waals surface area contributed by atoms with Gasteiger partial charge in [0.1, 0.15) is 23.3 Å². The predicted molar refractivity (Wildman–Crippen MR) is 96.4 cm³/mol. The monoisotopic (exact) mass is 406 g/mol. The van der Waals surface area contributed by atoms with E-state index in [1.54, 1.807) is 12.1 Å². The summed E-state index contributed by atoms with van der Waals surface area (Å²) in [5.74, 6) is 0.322. The highest BCUT2D eigenvalue weighted by atomic mass is 35.5. The Labute approximate surface area is 160 Å². The van der Waals surface area contributed by atoms with Crippen LogP contribution in [0.3, 0.4) is 0 Å². The Morgan fingerprint density at radius 1 is 1.07 bits per heavy atom. The number of para-hydroxylation sites is 1. The van der Waals surface area contributed by atoms with Crippen LogP contribution in [-0.2, 0) is 6.18 Å². The molecule has 3 heterocycles.